The highest BCUT2D eigenvalue weighted by molar-refractivity contribution is 5.23. The molecule has 1 saturated carbocycles. The maximum absolute atomic E-state index is 3.57. The predicted molar refractivity (Wildman–Crippen MR) is 72.9 cm³/mol. The minimum Gasteiger partial charge on any atom is -0.310 e. The van der Waals surface area contributed by atoms with Crippen LogP contribution in [0.15, 0.2) is 24.3 Å². The number of nitrogens with zero attached hydrogens (tertiary/aromatic N) is 1. The highest BCUT2D eigenvalue weighted by atomic mass is 15.1. The van der Waals surface area contributed by atoms with Crippen LogP contribution < -0.4 is 5.32 Å². The van der Waals surface area contributed by atoms with Gasteiger partial charge in [-0.25, -0.2) is 0 Å². The normalized spacial score (nSPS) is 15.5. The predicted octanol–water partition coefficient (Wildman–Crippen LogP) is 2.78. The molecule has 94 valence electrons. The lowest BCUT2D eigenvalue weighted by molar-refractivity contribution is 0.296. The van der Waals surface area contributed by atoms with E-state index in [1.54, 1.807) is 0 Å². The van der Waals surface area contributed by atoms with Gasteiger partial charge in [0.25, 0.3) is 0 Å². The van der Waals surface area contributed by atoms with Gasteiger partial charge in [0, 0.05) is 19.1 Å². The van der Waals surface area contributed by atoms with E-state index >= 15 is 0 Å². The maximum atomic E-state index is 3.57. The number of hydrogen-bond acceptors (Lipinski definition) is 2. The van der Waals surface area contributed by atoms with Gasteiger partial charge in [-0.2, -0.15) is 0 Å². The van der Waals surface area contributed by atoms with E-state index < -0.39 is 0 Å². The smallest absolute Gasteiger partial charge is 0.0233 e. The molecule has 2 nitrogen and oxygen atoms in total. The van der Waals surface area contributed by atoms with Gasteiger partial charge >= 0.3 is 0 Å². The molecule has 0 radical (unpaired) electrons. The van der Waals surface area contributed by atoms with Crippen molar-refractivity contribution in [2.24, 2.45) is 0 Å². The van der Waals surface area contributed by atoms with Gasteiger partial charge in [-0.15, -0.1) is 0 Å². The largest absolute Gasteiger partial charge is 0.310 e. The molecule has 0 spiro atoms. The van der Waals surface area contributed by atoms with Crippen molar-refractivity contribution < 1.29 is 0 Å². The summed E-state index contributed by atoms with van der Waals surface area (Å²) in [5.41, 5.74) is 2.85. The second-order valence-corrected chi connectivity index (χ2v) is 4.94. The van der Waals surface area contributed by atoms with Crippen molar-refractivity contribution >= 4 is 0 Å². The molecule has 0 saturated heterocycles. The fourth-order valence-electron chi connectivity index (χ4n) is 2.09. The quantitative estimate of drug-likeness (QED) is 0.777. The second kappa shape index (κ2) is 6.18. The summed E-state index contributed by atoms with van der Waals surface area (Å²) in [5, 5.41) is 3.57. The number of hydrogen-bond donors (Lipinski definition) is 1. The van der Waals surface area contributed by atoms with Crippen LogP contribution in [0.1, 0.15) is 37.8 Å². The van der Waals surface area contributed by atoms with Gasteiger partial charge in [0.05, 0.1) is 0 Å². The highest BCUT2D eigenvalue weighted by Gasteiger charge is 2.19. The van der Waals surface area contributed by atoms with Crippen molar-refractivity contribution in [3.63, 3.8) is 0 Å². The van der Waals surface area contributed by atoms with E-state index in [1.165, 1.54) is 24.0 Å². The van der Waals surface area contributed by atoms with E-state index in [0.717, 1.165) is 32.2 Å². The zero-order chi connectivity index (χ0) is 12.1. The Morgan fingerprint density at radius 3 is 2.53 bits per heavy atom. The maximum Gasteiger partial charge on any atom is 0.0233 e. The van der Waals surface area contributed by atoms with Crippen LogP contribution in [-0.2, 0) is 13.1 Å². The Balaban J connectivity index is 1.89. The summed E-state index contributed by atoms with van der Waals surface area (Å²) in [6.07, 6.45) is 2.72. The van der Waals surface area contributed by atoms with Crippen LogP contribution >= 0.6 is 0 Å². The van der Waals surface area contributed by atoms with Gasteiger partial charge in [0.1, 0.15) is 0 Å². The third kappa shape index (κ3) is 4.14. The minimum atomic E-state index is 0.793. The third-order valence-electron chi connectivity index (χ3n) is 3.46. The topological polar surface area (TPSA) is 15.3 Å². The molecule has 1 aliphatic rings. The van der Waals surface area contributed by atoms with Crippen molar-refractivity contribution in [1.29, 1.82) is 0 Å². The summed E-state index contributed by atoms with van der Waals surface area (Å²) < 4.78 is 0. The van der Waals surface area contributed by atoms with Gasteiger partial charge in [-0.1, -0.05) is 38.1 Å². The molecule has 1 aromatic rings. The van der Waals surface area contributed by atoms with Crippen LogP contribution in [0.3, 0.4) is 0 Å². The third-order valence-corrected chi connectivity index (χ3v) is 3.46. The highest BCUT2D eigenvalue weighted by Crippen LogP contribution is 2.19. The summed E-state index contributed by atoms with van der Waals surface area (Å²) in [7, 11) is 0. The molecule has 0 amide bonds. The van der Waals surface area contributed by atoms with Gasteiger partial charge in [-0.3, -0.25) is 4.90 Å². The van der Waals surface area contributed by atoms with E-state index in [4.69, 9.17) is 0 Å². The Hall–Kier alpha value is -0.860. The Morgan fingerprint density at radius 2 is 1.88 bits per heavy atom. The van der Waals surface area contributed by atoms with E-state index in [1.807, 2.05) is 0 Å². The first kappa shape index (κ1) is 12.6. The molecule has 0 aliphatic heterocycles. The Morgan fingerprint density at radius 1 is 1.18 bits per heavy atom. The molecule has 2 heteroatoms. The molecule has 0 unspecified atom stereocenters. The number of nitrogens with one attached hydrogen (secondary N) is 1. The first-order chi connectivity index (χ1) is 8.31. The molecule has 0 aromatic heterocycles. The van der Waals surface area contributed by atoms with Crippen molar-refractivity contribution in [3.8, 4) is 0 Å². The van der Waals surface area contributed by atoms with E-state index in [-0.39, 0.29) is 0 Å². The zero-order valence-electron chi connectivity index (χ0n) is 11.1. The summed E-state index contributed by atoms with van der Waals surface area (Å²) in [6.45, 7) is 8.80. The molecular formula is C15H24N2. The zero-order valence-corrected chi connectivity index (χ0v) is 11.1. The van der Waals surface area contributed by atoms with Gasteiger partial charge in [-0.05, 0) is 37.1 Å². The SMILES string of the molecule is CCN(CC)Cc1cccc(CNC2CC2)c1. The van der Waals surface area contributed by atoms with E-state index in [0.29, 0.717) is 0 Å². The van der Waals surface area contributed by atoms with E-state index in [9.17, 15) is 0 Å². The van der Waals surface area contributed by atoms with Crippen LogP contribution in [0.5, 0.6) is 0 Å². The standard InChI is InChI=1S/C15H24N2/c1-3-17(4-2)12-14-7-5-6-13(10-14)11-16-15-8-9-15/h5-7,10,15-16H,3-4,8-9,11-12H2,1-2H3. The molecular weight excluding hydrogens is 208 g/mol. The molecule has 17 heavy (non-hydrogen) atoms. The van der Waals surface area contributed by atoms with Crippen LogP contribution in [0.2, 0.25) is 0 Å². The van der Waals surface area contributed by atoms with Crippen molar-refractivity contribution in [1.82, 2.24) is 10.2 Å². The van der Waals surface area contributed by atoms with E-state index in [2.05, 4.69) is 48.3 Å². The van der Waals surface area contributed by atoms with Crippen molar-refractivity contribution in [3.05, 3.63) is 35.4 Å². The lowest BCUT2D eigenvalue weighted by Gasteiger charge is -2.18. The lowest BCUT2D eigenvalue weighted by atomic mass is 10.1. The molecule has 1 aliphatic carbocycles. The molecule has 1 fully saturated rings. The van der Waals surface area contributed by atoms with Gasteiger partial charge in [0.15, 0.2) is 0 Å². The second-order valence-electron chi connectivity index (χ2n) is 4.94. The Kier molecular flexibility index (Phi) is 4.57. The minimum absolute atomic E-state index is 0.793. The van der Waals surface area contributed by atoms with Crippen molar-refractivity contribution in [2.45, 2.75) is 45.8 Å². The monoisotopic (exact) mass is 232 g/mol. The summed E-state index contributed by atoms with van der Waals surface area (Å²) >= 11 is 0. The molecule has 0 atom stereocenters. The first-order valence-corrected chi connectivity index (χ1v) is 6.85. The average molecular weight is 232 g/mol. The first-order valence-electron chi connectivity index (χ1n) is 6.85. The Bertz CT molecular complexity index is 341. The molecule has 2 rings (SSSR count). The number of rotatable bonds is 7. The Labute approximate surface area is 105 Å². The summed E-state index contributed by atoms with van der Waals surface area (Å²) in [4.78, 5) is 2.45. The fourth-order valence-corrected chi connectivity index (χ4v) is 2.09. The van der Waals surface area contributed by atoms with Crippen LogP contribution in [0.25, 0.3) is 0 Å². The fraction of sp³-hybridized carbons (Fsp3) is 0.600. The lowest BCUT2D eigenvalue weighted by Crippen LogP contribution is -2.22. The van der Waals surface area contributed by atoms with Gasteiger partial charge < -0.3 is 5.32 Å². The molecule has 1 aromatic carbocycles. The van der Waals surface area contributed by atoms with Crippen LogP contribution in [0.4, 0.5) is 0 Å². The summed E-state index contributed by atoms with van der Waals surface area (Å²) in [5.74, 6) is 0. The molecule has 0 bridgehead atoms. The van der Waals surface area contributed by atoms with Gasteiger partial charge in [0.2, 0.25) is 0 Å². The average Bonchev–Trinajstić information content (AvgIpc) is 3.18. The van der Waals surface area contributed by atoms with Crippen LogP contribution in [0, 0.1) is 0 Å². The number of benzene rings is 1. The van der Waals surface area contributed by atoms with Crippen molar-refractivity contribution in [2.75, 3.05) is 13.1 Å². The molecule has 1 N–H and O–H groups in total. The molecule has 0 heterocycles. The van der Waals surface area contributed by atoms with Crippen LogP contribution in [-0.4, -0.2) is 24.0 Å². The summed E-state index contributed by atoms with van der Waals surface area (Å²) in [6, 6.07) is 9.78.